The van der Waals surface area contributed by atoms with Gasteiger partial charge in [0.15, 0.2) is 5.82 Å². The maximum atomic E-state index is 13.9. The van der Waals surface area contributed by atoms with Crippen molar-refractivity contribution < 1.29 is 8.78 Å². The molecule has 27 heavy (non-hydrogen) atoms. The zero-order valence-electron chi connectivity index (χ0n) is 14.1. The van der Waals surface area contributed by atoms with E-state index in [1.165, 1.54) is 23.5 Å². The molecule has 2 aromatic carbocycles. The minimum absolute atomic E-state index is 0.0678. The van der Waals surface area contributed by atoms with Crippen LogP contribution in [0, 0.1) is 18.6 Å². The summed E-state index contributed by atoms with van der Waals surface area (Å²) in [6.07, 6.45) is 3.60. The summed E-state index contributed by atoms with van der Waals surface area (Å²) in [5.41, 5.74) is 2.85. The second-order valence-corrected chi connectivity index (χ2v) is 7.61. The molecule has 0 fully saturated rings. The second-order valence-electron chi connectivity index (χ2n) is 5.86. The third kappa shape index (κ3) is 3.63. The Balaban J connectivity index is 1.76. The zero-order valence-corrected chi connectivity index (χ0v) is 16.5. The van der Waals surface area contributed by atoms with E-state index in [-0.39, 0.29) is 5.69 Å². The first-order valence-corrected chi connectivity index (χ1v) is 9.66. The molecule has 4 rings (SSSR count). The molecule has 0 aliphatic heterocycles. The average molecular weight is 447 g/mol. The van der Waals surface area contributed by atoms with Crippen molar-refractivity contribution in [2.45, 2.75) is 6.92 Å². The highest BCUT2D eigenvalue weighted by Gasteiger charge is 2.06. The number of thiazole rings is 1. The Morgan fingerprint density at radius 3 is 2.85 bits per heavy atom. The van der Waals surface area contributed by atoms with Gasteiger partial charge in [-0.05, 0) is 37.3 Å². The Kier molecular flexibility index (Phi) is 4.75. The van der Waals surface area contributed by atoms with Gasteiger partial charge in [-0.25, -0.2) is 18.4 Å². The summed E-state index contributed by atoms with van der Waals surface area (Å²) in [6.45, 7) is 1.89. The summed E-state index contributed by atoms with van der Waals surface area (Å²) in [5, 5.41) is 7.42. The van der Waals surface area contributed by atoms with E-state index in [4.69, 9.17) is 0 Å². The molecule has 4 aromatic rings. The van der Waals surface area contributed by atoms with Crippen molar-refractivity contribution in [3.05, 3.63) is 80.1 Å². The molecule has 0 spiro atoms. The van der Waals surface area contributed by atoms with Crippen molar-refractivity contribution in [2.24, 2.45) is 10.1 Å². The number of fused-ring (bicyclic) bond motifs is 1. The summed E-state index contributed by atoms with van der Waals surface area (Å²) in [4.78, 5) is 7.99. The van der Waals surface area contributed by atoms with E-state index >= 15 is 0 Å². The molecule has 0 saturated carbocycles. The lowest BCUT2D eigenvalue weighted by Crippen LogP contribution is -2.11. The maximum absolute atomic E-state index is 13.9. The molecule has 0 aliphatic rings. The van der Waals surface area contributed by atoms with Crippen LogP contribution in [0.3, 0.4) is 0 Å². The first-order chi connectivity index (χ1) is 13.0. The zero-order chi connectivity index (χ0) is 19.0. The molecule has 0 unspecified atom stereocenters. The van der Waals surface area contributed by atoms with E-state index in [1.54, 1.807) is 10.9 Å². The third-order valence-corrected chi connectivity index (χ3v) is 5.39. The van der Waals surface area contributed by atoms with Crippen LogP contribution in [0.2, 0.25) is 0 Å². The number of hydrogen-bond acceptors (Lipinski definition) is 3. The number of nitrogens with one attached hydrogen (secondary N) is 1. The van der Waals surface area contributed by atoms with Gasteiger partial charge in [0.2, 0.25) is 4.80 Å². The van der Waals surface area contributed by atoms with Crippen molar-refractivity contribution in [1.82, 2.24) is 9.66 Å². The van der Waals surface area contributed by atoms with E-state index in [9.17, 15) is 8.78 Å². The molecule has 136 valence electrons. The number of aromatic nitrogens is 2. The van der Waals surface area contributed by atoms with Crippen LogP contribution in [0.15, 0.2) is 62.5 Å². The highest BCUT2D eigenvalue weighted by Crippen LogP contribution is 2.22. The lowest BCUT2D eigenvalue weighted by atomic mass is 10.2. The van der Waals surface area contributed by atoms with Crippen molar-refractivity contribution >= 4 is 50.1 Å². The minimum Gasteiger partial charge on any atom is -0.361 e. The minimum atomic E-state index is -0.710. The van der Waals surface area contributed by atoms with Gasteiger partial charge in [0.1, 0.15) is 11.5 Å². The number of benzene rings is 2. The Labute approximate surface area is 165 Å². The van der Waals surface area contributed by atoms with Crippen LogP contribution in [0.5, 0.6) is 0 Å². The molecule has 0 atom stereocenters. The monoisotopic (exact) mass is 446 g/mol. The Hall–Kier alpha value is -2.58. The second kappa shape index (κ2) is 7.21. The van der Waals surface area contributed by atoms with E-state index in [1.807, 2.05) is 36.7 Å². The number of nitrogens with zero attached hydrogens (tertiary/aromatic N) is 3. The molecule has 0 bridgehead atoms. The van der Waals surface area contributed by atoms with E-state index in [0.717, 1.165) is 32.7 Å². The largest absolute Gasteiger partial charge is 0.361 e. The van der Waals surface area contributed by atoms with Crippen molar-refractivity contribution in [3.8, 4) is 0 Å². The predicted octanol–water partition coefficient (Wildman–Crippen LogP) is 5.49. The van der Waals surface area contributed by atoms with Crippen LogP contribution in [0.4, 0.5) is 14.5 Å². The van der Waals surface area contributed by atoms with Crippen molar-refractivity contribution in [1.29, 1.82) is 0 Å². The van der Waals surface area contributed by atoms with Gasteiger partial charge in [-0.3, -0.25) is 0 Å². The number of aromatic amines is 1. The summed E-state index contributed by atoms with van der Waals surface area (Å²) < 4.78 is 29.6. The fourth-order valence-corrected chi connectivity index (χ4v) is 3.80. The molecule has 4 nitrogen and oxygen atoms in total. The number of rotatable bonds is 3. The van der Waals surface area contributed by atoms with Gasteiger partial charge < -0.3 is 4.98 Å². The molecule has 0 radical (unpaired) electrons. The maximum Gasteiger partial charge on any atom is 0.211 e. The van der Waals surface area contributed by atoms with Gasteiger partial charge in [0, 0.05) is 38.6 Å². The molecule has 0 aliphatic carbocycles. The number of aryl methyl sites for hydroxylation is 1. The summed E-state index contributed by atoms with van der Waals surface area (Å²) in [7, 11) is 0. The molecular weight excluding hydrogens is 434 g/mol. The summed E-state index contributed by atoms with van der Waals surface area (Å²) in [5.74, 6) is -1.34. The van der Waals surface area contributed by atoms with Crippen LogP contribution < -0.4 is 4.80 Å². The quantitative estimate of drug-likeness (QED) is 0.404. The smallest absolute Gasteiger partial charge is 0.211 e. The fraction of sp³-hybridized carbons (Fsp3) is 0.0526. The molecule has 2 heterocycles. The lowest BCUT2D eigenvalue weighted by Gasteiger charge is -1.99. The van der Waals surface area contributed by atoms with Crippen LogP contribution in [0.1, 0.15) is 11.3 Å². The molecule has 0 amide bonds. The molecular formula is C19H13BrF2N4S. The fourth-order valence-electron chi connectivity index (χ4n) is 2.62. The molecule has 8 heteroatoms. The molecule has 2 aromatic heterocycles. The standard InChI is InChI=1S/C19H13BrF2N4S/c1-11-10-27-19(25-18-5-3-14(21)7-16(18)22)26(11)24-9-12-8-23-17-4-2-13(20)6-15(12)17/h2-10,23H,1H3. The van der Waals surface area contributed by atoms with Gasteiger partial charge in [-0.2, -0.15) is 5.10 Å². The van der Waals surface area contributed by atoms with Crippen molar-refractivity contribution in [2.75, 3.05) is 0 Å². The predicted molar refractivity (Wildman–Crippen MR) is 108 cm³/mol. The van der Waals surface area contributed by atoms with Gasteiger partial charge in [-0.15, -0.1) is 11.3 Å². The highest BCUT2D eigenvalue weighted by atomic mass is 79.9. The lowest BCUT2D eigenvalue weighted by molar-refractivity contribution is 0.584. The van der Waals surface area contributed by atoms with Crippen LogP contribution >= 0.6 is 27.3 Å². The van der Waals surface area contributed by atoms with E-state index in [0.29, 0.717) is 4.80 Å². The SMILES string of the molecule is Cc1csc(=Nc2ccc(F)cc2F)n1N=Cc1c[nH]c2ccc(Br)cc12. The first-order valence-electron chi connectivity index (χ1n) is 7.99. The van der Waals surface area contributed by atoms with Gasteiger partial charge in [-0.1, -0.05) is 15.9 Å². The Bertz CT molecular complexity index is 1240. The summed E-state index contributed by atoms with van der Waals surface area (Å²) >= 11 is 4.81. The Morgan fingerprint density at radius 1 is 1.19 bits per heavy atom. The topological polar surface area (TPSA) is 45.4 Å². The van der Waals surface area contributed by atoms with Gasteiger partial charge >= 0.3 is 0 Å². The average Bonchev–Trinajstić information content (AvgIpc) is 3.19. The molecule has 0 saturated heterocycles. The third-order valence-electron chi connectivity index (χ3n) is 3.96. The molecule has 1 N–H and O–H groups in total. The van der Waals surface area contributed by atoms with Crippen molar-refractivity contribution in [3.63, 3.8) is 0 Å². The van der Waals surface area contributed by atoms with Gasteiger partial charge in [0.05, 0.1) is 11.9 Å². The van der Waals surface area contributed by atoms with Gasteiger partial charge in [0.25, 0.3) is 0 Å². The van der Waals surface area contributed by atoms with E-state index in [2.05, 4.69) is 31.0 Å². The van der Waals surface area contributed by atoms with Crippen LogP contribution in [-0.2, 0) is 0 Å². The van der Waals surface area contributed by atoms with Crippen LogP contribution in [0.25, 0.3) is 10.9 Å². The summed E-state index contributed by atoms with van der Waals surface area (Å²) in [6, 6.07) is 9.27. The number of halogens is 3. The van der Waals surface area contributed by atoms with E-state index < -0.39 is 11.6 Å². The Morgan fingerprint density at radius 2 is 2.04 bits per heavy atom. The van der Waals surface area contributed by atoms with Crippen LogP contribution in [-0.4, -0.2) is 15.9 Å². The normalized spacial score (nSPS) is 12.5. The first kappa shape index (κ1) is 17.8. The number of H-pyrrole nitrogens is 1. The highest BCUT2D eigenvalue weighted by molar-refractivity contribution is 9.10. The number of hydrogen-bond donors (Lipinski definition) is 1.